The summed E-state index contributed by atoms with van der Waals surface area (Å²) in [6, 6.07) is 15.9. The van der Waals surface area contributed by atoms with E-state index in [4.69, 9.17) is 0 Å². The highest BCUT2D eigenvalue weighted by Crippen LogP contribution is 2.29. The number of hydrogen-bond donors (Lipinski definition) is 1. The second-order valence-electron chi connectivity index (χ2n) is 5.52. The van der Waals surface area contributed by atoms with E-state index < -0.39 is 0 Å². The van der Waals surface area contributed by atoms with Gasteiger partial charge in [-0.25, -0.2) is 4.98 Å². The predicted molar refractivity (Wildman–Crippen MR) is 110 cm³/mol. The highest BCUT2D eigenvalue weighted by atomic mass is 79.9. The first-order valence-electron chi connectivity index (χ1n) is 7.81. The summed E-state index contributed by atoms with van der Waals surface area (Å²) in [6.07, 6.45) is 0.464. The van der Waals surface area contributed by atoms with Crippen LogP contribution in [0.1, 0.15) is 12.0 Å². The molecule has 1 N–H and O–H groups in total. The summed E-state index contributed by atoms with van der Waals surface area (Å²) in [4.78, 5) is 16.6. The first kappa shape index (κ1) is 18.2. The van der Waals surface area contributed by atoms with Crippen LogP contribution in [0.25, 0.3) is 11.3 Å². The van der Waals surface area contributed by atoms with Crippen LogP contribution in [0.4, 0.5) is 5.69 Å². The predicted octanol–water partition coefficient (Wildman–Crippen LogP) is 6.00. The number of thiazole rings is 1. The van der Waals surface area contributed by atoms with Gasteiger partial charge in [0.1, 0.15) is 0 Å². The number of aryl methyl sites for hydroxylation is 1. The Morgan fingerprint density at radius 2 is 1.88 bits per heavy atom. The molecule has 0 bridgehead atoms. The Kier molecular flexibility index (Phi) is 6.29. The number of hydrogen-bond acceptors (Lipinski definition) is 4. The number of thioether (sulfide) groups is 1. The quantitative estimate of drug-likeness (QED) is 0.485. The number of carbonyl (C=O) groups is 1. The van der Waals surface area contributed by atoms with E-state index in [1.807, 2.05) is 55.5 Å². The van der Waals surface area contributed by atoms with E-state index in [1.165, 1.54) is 5.56 Å². The average molecular weight is 433 g/mol. The third-order valence-electron chi connectivity index (χ3n) is 3.51. The highest BCUT2D eigenvalue weighted by molar-refractivity contribution is 9.10. The maximum atomic E-state index is 12.0. The molecule has 0 unspecified atom stereocenters. The number of aromatic nitrogens is 1. The van der Waals surface area contributed by atoms with Crippen molar-refractivity contribution in [2.45, 2.75) is 17.7 Å². The lowest BCUT2D eigenvalue weighted by molar-refractivity contribution is -0.115. The maximum Gasteiger partial charge on any atom is 0.225 e. The molecule has 0 aliphatic rings. The molecule has 3 aromatic rings. The van der Waals surface area contributed by atoms with Crippen LogP contribution in [0.2, 0.25) is 0 Å². The molecule has 0 aliphatic carbocycles. The molecule has 128 valence electrons. The second-order valence-corrected chi connectivity index (χ2v) is 8.63. The average Bonchev–Trinajstić information content (AvgIpc) is 3.06. The molecule has 25 heavy (non-hydrogen) atoms. The van der Waals surface area contributed by atoms with E-state index in [0.717, 1.165) is 25.8 Å². The third kappa shape index (κ3) is 5.42. The molecule has 0 fully saturated rings. The molecular formula is C19H17BrN2OS2. The zero-order chi connectivity index (χ0) is 17.6. The van der Waals surface area contributed by atoms with E-state index in [9.17, 15) is 4.79 Å². The Morgan fingerprint density at radius 1 is 1.16 bits per heavy atom. The lowest BCUT2D eigenvalue weighted by Crippen LogP contribution is -2.12. The number of amides is 1. The van der Waals surface area contributed by atoms with Crippen LogP contribution in [0, 0.1) is 6.92 Å². The molecular weight excluding hydrogens is 416 g/mol. The first-order valence-corrected chi connectivity index (χ1v) is 10.5. The van der Waals surface area contributed by atoms with Crippen LogP contribution in [0.3, 0.4) is 0 Å². The lowest BCUT2D eigenvalue weighted by atomic mass is 10.2. The molecule has 1 aromatic heterocycles. The fourth-order valence-electron chi connectivity index (χ4n) is 2.17. The normalized spacial score (nSPS) is 10.6. The van der Waals surface area contributed by atoms with Crippen LogP contribution >= 0.6 is 39.0 Å². The van der Waals surface area contributed by atoms with E-state index in [2.05, 4.69) is 31.6 Å². The van der Waals surface area contributed by atoms with Gasteiger partial charge in [0.05, 0.1) is 5.69 Å². The molecule has 0 spiro atoms. The van der Waals surface area contributed by atoms with Gasteiger partial charge in [-0.2, -0.15) is 0 Å². The largest absolute Gasteiger partial charge is 0.326 e. The minimum absolute atomic E-state index is 0.0287. The minimum atomic E-state index is 0.0287. The molecule has 0 radical (unpaired) electrons. The molecule has 3 rings (SSSR count). The van der Waals surface area contributed by atoms with Crippen LogP contribution in [0.15, 0.2) is 62.7 Å². The standard InChI is InChI=1S/C19H17BrN2OS2/c1-13-2-8-16(9-3-13)21-18(23)10-11-24-19-22-17(12-25-19)14-4-6-15(20)7-5-14/h2-9,12H,10-11H2,1H3,(H,21,23). The number of anilines is 1. The van der Waals surface area contributed by atoms with Crippen LogP contribution < -0.4 is 5.32 Å². The summed E-state index contributed by atoms with van der Waals surface area (Å²) in [5.74, 6) is 0.742. The zero-order valence-corrected chi connectivity index (χ0v) is 16.9. The first-order chi connectivity index (χ1) is 12.1. The molecule has 0 aliphatic heterocycles. The van der Waals surface area contributed by atoms with Gasteiger partial charge in [0.2, 0.25) is 5.91 Å². The molecule has 3 nitrogen and oxygen atoms in total. The van der Waals surface area contributed by atoms with Gasteiger partial charge in [-0.15, -0.1) is 11.3 Å². The van der Waals surface area contributed by atoms with Gasteiger partial charge in [-0.1, -0.05) is 57.5 Å². The highest BCUT2D eigenvalue weighted by Gasteiger charge is 2.07. The van der Waals surface area contributed by atoms with Gasteiger partial charge >= 0.3 is 0 Å². The monoisotopic (exact) mass is 432 g/mol. The number of benzene rings is 2. The van der Waals surface area contributed by atoms with Crippen molar-refractivity contribution >= 4 is 50.6 Å². The van der Waals surface area contributed by atoms with Gasteiger partial charge < -0.3 is 5.32 Å². The van der Waals surface area contributed by atoms with Gasteiger partial charge in [-0.05, 0) is 31.2 Å². The lowest BCUT2D eigenvalue weighted by Gasteiger charge is -2.04. The number of carbonyl (C=O) groups excluding carboxylic acids is 1. The van der Waals surface area contributed by atoms with Crippen LogP contribution in [-0.2, 0) is 4.79 Å². The topological polar surface area (TPSA) is 42.0 Å². The van der Waals surface area contributed by atoms with Crippen molar-refractivity contribution in [1.82, 2.24) is 4.98 Å². The Labute approximate surface area is 164 Å². The van der Waals surface area contributed by atoms with Gasteiger partial charge in [-0.3, -0.25) is 4.79 Å². The van der Waals surface area contributed by atoms with Crippen molar-refractivity contribution in [2.75, 3.05) is 11.1 Å². The molecule has 6 heteroatoms. The summed E-state index contributed by atoms with van der Waals surface area (Å²) in [6.45, 7) is 2.03. The van der Waals surface area contributed by atoms with E-state index in [1.54, 1.807) is 23.1 Å². The smallest absolute Gasteiger partial charge is 0.225 e. The summed E-state index contributed by atoms with van der Waals surface area (Å²) in [7, 11) is 0. The fraction of sp³-hybridized carbons (Fsp3) is 0.158. The van der Waals surface area contributed by atoms with Gasteiger partial charge in [0.25, 0.3) is 0 Å². The van der Waals surface area contributed by atoms with E-state index in [0.29, 0.717) is 12.2 Å². The molecule has 2 aromatic carbocycles. The van der Waals surface area contributed by atoms with Crippen molar-refractivity contribution < 1.29 is 4.79 Å². The van der Waals surface area contributed by atoms with Gasteiger partial charge in [0.15, 0.2) is 4.34 Å². The second kappa shape index (κ2) is 8.65. The van der Waals surface area contributed by atoms with Crippen molar-refractivity contribution in [2.24, 2.45) is 0 Å². The summed E-state index contributed by atoms with van der Waals surface area (Å²) < 4.78 is 2.04. The molecule has 0 saturated carbocycles. The third-order valence-corrected chi connectivity index (χ3v) is 6.06. The van der Waals surface area contributed by atoms with Crippen molar-refractivity contribution in [1.29, 1.82) is 0 Å². The Hall–Kier alpha value is -1.63. The molecule has 1 amide bonds. The summed E-state index contributed by atoms with van der Waals surface area (Å²) in [5.41, 5.74) is 4.10. The molecule has 0 saturated heterocycles. The fourth-order valence-corrected chi connectivity index (χ4v) is 4.28. The summed E-state index contributed by atoms with van der Waals surface area (Å²) >= 11 is 6.67. The zero-order valence-electron chi connectivity index (χ0n) is 13.7. The van der Waals surface area contributed by atoms with Crippen LogP contribution in [0.5, 0.6) is 0 Å². The number of nitrogens with zero attached hydrogens (tertiary/aromatic N) is 1. The number of halogens is 1. The minimum Gasteiger partial charge on any atom is -0.326 e. The molecule has 1 heterocycles. The maximum absolute atomic E-state index is 12.0. The number of rotatable bonds is 6. The Bertz CT molecular complexity index is 845. The van der Waals surface area contributed by atoms with E-state index >= 15 is 0 Å². The van der Waals surface area contributed by atoms with Crippen molar-refractivity contribution in [3.05, 3.63) is 63.9 Å². The SMILES string of the molecule is Cc1ccc(NC(=O)CCSc2nc(-c3ccc(Br)cc3)cs2)cc1. The van der Waals surface area contributed by atoms with Crippen molar-refractivity contribution in [3.63, 3.8) is 0 Å². The van der Waals surface area contributed by atoms with Crippen molar-refractivity contribution in [3.8, 4) is 11.3 Å². The Balaban J connectivity index is 1.48. The van der Waals surface area contributed by atoms with Crippen LogP contribution in [-0.4, -0.2) is 16.6 Å². The number of nitrogens with one attached hydrogen (secondary N) is 1. The summed E-state index contributed by atoms with van der Waals surface area (Å²) in [5, 5.41) is 4.97. The molecule has 0 atom stereocenters. The van der Waals surface area contributed by atoms with E-state index in [-0.39, 0.29) is 5.91 Å². The van der Waals surface area contributed by atoms with Gasteiger partial charge in [0, 0.05) is 33.3 Å². The Morgan fingerprint density at radius 3 is 2.60 bits per heavy atom.